The molecule has 0 unspecified atom stereocenters. The summed E-state index contributed by atoms with van der Waals surface area (Å²) in [5, 5.41) is 31.6. The normalized spacial score (nSPS) is 11.2. The Morgan fingerprint density at radius 3 is 1.39 bits per heavy atom. The lowest BCUT2D eigenvalue weighted by atomic mass is 9.91. The molecule has 5 heteroatoms. The zero-order valence-electron chi connectivity index (χ0n) is 24.9. The van der Waals surface area contributed by atoms with Gasteiger partial charge in [-0.05, 0) is 32.1 Å². The molecule has 0 radical (unpaired) electrons. The number of benzene rings is 1. The summed E-state index contributed by atoms with van der Waals surface area (Å²) in [5.74, 6) is -1.78. The van der Waals surface area contributed by atoms with Gasteiger partial charge in [0, 0.05) is 11.1 Å². The minimum Gasteiger partial charge on any atom is -0.504 e. The lowest BCUT2D eigenvalue weighted by Gasteiger charge is -2.21. The zero-order valence-corrected chi connectivity index (χ0v) is 24.9. The highest BCUT2D eigenvalue weighted by Gasteiger charge is 2.28. The van der Waals surface area contributed by atoms with E-state index in [1.54, 1.807) is 0 Å². The Bertz CT molecular complexity index is 758. The van der Waals surface area contributed by atoms with Crippen molar-refractivity contribution in [1.82, 2.24) is 0 Å². The molecule has 0 bridgehead atoms. The lowest BCUT2D eigenvalue weighted by molar-refractivity contribution is 0.0687. The minimum atomic E-state index is -1.25. The molecular formula is C33H58O5. The number of phenolic OH excluding ortho intramolecular Hbond substituents is 1. The van der Waals surface area contributed by atoms with Crippen LogP contribution >= 0.6 is 0 Å². The average molecular weight is 535 g/mol. The van der Waals surface area contributed by atoms with Crippen molar-refractivity contribution in [3.8, 4) is 17.2 Å². The van der Waals surface area contributed by atoms with Crippen molar-refractivity contribution in [2.45, 2.75) is 162 Å². The first-order valence-corrected chi connectivity index (χ1v) is 15.9. The van der Waals surface area contributed by atoms with Crippen LogP contribution in [0.25, 0.3) is 0 Å². The van der Waals surface area contributed by atoms with Crippen molar-refractivity contribution < 1.29 is 24.9 Å². The molecule has 0 heterocycles. The van der Waals surface area contributed by atoms with Crippen molar-refractivity contribution >= 4 is 5.97 Å². The van der Waals surface area contributed by atoms with E-state index in [9.17, 15) is 20.1 Å². The van der Waals surface area contributed by atoms with Crippen LogP contribution in [-0.2, 0) is 12.8 Å². The van der Waals surface area contributed by atoms with Crippen molar-refractivity contribution in [2.75, 3.05) is 6.61 Å². The third-order valence-electron chi connectivity index (χ3n) is 7.63. The lowest BCUT2D eigenvalue weighted by Crippen LogP contribution is -2.11. The van der Waals surface area contributed by atoms with Gasteiger partial charge in [0.15, 0.2) is 11.5 Å². The van der Waals surface area contributed by atoms with Gasteiger partial charge in [-0.25, -0.2) is 4.79 Å². The predicted molar refractivity (Wildman–Crippen MR) is 159 cm³/mol. The quantitative estimate of drug-likeness (QED) is 0.0858. The predicted octanol–water partition coefficient (Wildman–Crippen LogP) is 10.1. The van der Waals surface area contributed by atoms with Gasteiger partial charge < -0.3 is 20.1 Å². The molecule has 3 N–H and O–H groups in total. The highest BCUT2D eigenvalue weighted by molar-refractivity contribution is 5.96. The molecule has 220 valence electrons. The molecule has 38 heavy (non-hydrogen) atoms. The molecule has 0 spiro atoms. The van der Waals surface area contributed by atoms with E-state index >= 15 is 0 Å². The molecule has 0 aliphatic heterocycles. The van der Waals surface area contributed by atoms with E-state index in [0.29, 0.717) is 25.0 Å². The van der Waals surface area contributed by atoms with E-state index in [-0.39, 0.29) is 17.1 Å². The third kappa shape index (κ3) is 13.2. The highest BCUT2D eigenvalue weighted by atomic mass is 16.5. The zero-order chi connectivity index (χ0) is 28.0. The fourth-order valence-corrected chi connectivity index (χ4v) is 5.27. The van der Waals surface area contributed by atoms with Crippen molar-refractivity contribution in [3.05, 3.63) is 16.7 Å². The van der Waals surface area contributed by atoms with Crippen LogP contribution in [0.3, 0.4) is 0 Å². The number of hydrogen-bond donors (Lipinski definition) is 3. The van der Waals surface area contributed by atoms with E-state index in [1.807, 2.05) is 0 Å². The Labute approximate surface area is 233 Å². The Balaban J connectivity index is 2.99. The summed E-state index contributed by atoms with van der Waals surface area (Å²) in [7, 11) is 0. The summed E-state index contributed by atoms with van der Waals surface area (Å²) in [6, 6.07) is 0. The first-order valence-electron chi connectivity index (χ1n) is 15.9. The number of aromatic carboxylic acids is 1. The largest absolute Gasteiger partial charge is 0.504 e. The molecule has 0 saturated heterocycles. The maximum Gasteiger partial charge on any atom is 0.343 e. The monoisotopic (exact) mass is 534 g/mol. The first-order chi connectivity index (χ1) is 18.5. The van der Waals surface area contributed by atoms with Crippen LogP contribution in [0.5, 0.6) is 17.2 Å². The van der Waals surface area contributed by atoms with Gasteiger partial charge in [-0.15, -0.1) is 0 Å². The van der Waals surface area contributed by atoms with Crippen LogP contribution in [0.1, 0.15) is 171 Å². The SMILES string of the molecule is CCCCCCCCCCc1c(O)c(O)c(C(=O)O)c(OCCCCCC)c1CCCCCCCCCC. The number of ether oxygens (including phenoxy) is 1. The second-order valence-electron chi connectivity index (χ2n) is 11.0. The van der Waals surface area contributed by atoms with Gasteiger partial charge in [-0.2, -0.15) is 0 Å². The fourth-order valence-electron chi connectivity index (χ4n) is 5.27. The molecule has 0 aromatic heterocycles. The average Bonchev–Trinajstić information content (AvgIpc) is 2.90. The minimum absolute atomic E-state index is 0.266. The summed E-state index contributed by atoms with van der Waals surface area (Å²) in [5.41, 5.74) is 1.19. The highest BCUT2D eigenvalue weighted by Crippen LogP contribution is 2.44. The molecule has 1 rings (SSSR count). The van der Waals surface area contributed by atoms with E-state index < -0.39 is 11.7 Å². The van der Waals surface area contributed by atoms with Crippen LogP contribution in [0, 0.1) is 0 Å². The smallest absolute Gasteiger partial charge is 0.343 e. The van der Waals surface area contributed by atoms with Gasteiger partial charge in [0.25, 0.3) is 0 Å². The van der Waals surface area contributed by atoms with Gasteiger partial charge in [0.2, 0.25) is 0 Å². The van der Waals surface area contributed by atoms with Crippen LogP contribution < -0.4 is 4.74 Å². The molecule has 0 amide bonds. The summed E-state index contributed by atoms with van der Waals surface area (Å²) in [6.45, 7) is 7.03. The van der Waals surface area contributed by atoms with Gasteiger partial charge in [0.1, 0.15) is 11.3 Å². The summed E-state index contributed by atoms with van der Waals surface area (Å²) in [6.07, 6.45) is 24.4. The molecule has 0 saturated carbocycles. The third-order valence-corrected chi connectivity index (χ3v) is 7.63. The molecular weight excluding hydrogens is 476 g/mol. The van der Waals surface area contributed by atoms with Gasteiger partial charge in [-0.1, -0.05) is 130 Å². The number of carboxylic acids is 1. The van der Waals surface area contributed by atoms with Gasteiger partial charge in [0.05, 0.1) is 6.61 Å². The first kappa shape index (κ1) is 34.1. The molecule has 1 aromatic carbocycles. The maximum absolute atomic E-state index is 12.2. The number of rotatable bonds is 25. The van der Waals surface area contributed by atoms with Crippen molar-refractivity contribution in [3.63, 3.8) is 0 Å². The Morgan fingerprint density at radius 1 is 0.553 bits per heavy atom. The molecule has 0 fully saturated rings. The van der Waals surface area contributed by atoms with E-state index in [1.165, 1.54) is 70.6 Å². The Kier molecular flexibility index (Phi) is 19.7. The van der Waals surface area contributed by atoms with E-state index in [0.717, 1.165) is 63.4 Å². The number of hydrogen-bond acceptors (Lipinski definition) is 4. The summed E-state index contributed by atoms with van der Waals surface area (Å²) >= 11 is 0. The number of carbonyl (C=O) groups is 1. The molecule has 1 aromatic rings. The number of aromatic hydroxyl groups is 2. The standard InChI is InChI=1S/C33H58O5/c1-4-7-10-13-15-17-19-21-24-27-28(25-22-20-18-16-14-11-8-5-2)32(38-26-23-12-9-6-3)29(33(36)37)31(35)30(27)34/h34-35H,4-26H2,1-3H3,(H,36,37). The van der Waals surface area contributed by atoms with Crippen LogP contribution in [-0.4, -0.2) is 27.9 Å². The number of phenols is 2. The molecule has 0 aliphatic rings. The van der Waals surface area contributed by atoms with Gasteiger partial charge >= 0.3 is 5.97 Å². The Morgan fingerprint density at radius 2 is 0.947 bits per heavy atom. The molecule has 0 aliphatic carbocycles. The van der Waals surface area contributed by atoms with Gasteiger partial charge in [-0.3, -0.25) is 0 Å². The second-order valence-corrected chi connectivity index (χ2v) is 11.0. The van der Waals surface area contributed by atoms with E-state index in [4.69, 9.17) is 4.74 Å². The Hall–Kier alpha value is -1.91. The number of unbranched alkanes of at least 4 members (excludes halogenated alkanes) is 17. The van der Waals surface area contributed by atoms with Crippen LogP contribution in [0.2, 0.25) is 0 Å². The second kappa shape index (κ2) is 22.0. The fraction of sp³-hybridized carbons (Fsp3) is 0.788. The van der Waals surface area contributed by atoms with Crippen molar-refractivity contribution in [2.24, 2.45) is 0 Å². The summed E-state index contributed by atoms with van der Waals surface area (Å²) in [4.78, 5) is 12.2. The van der Waals surface area contributed by atoms with Crippen molar-refractivity contribution in [1.29, 1.82) is 0 Å². The van der Waals surface area contributed by atoms with Crippen LogP contribution in [0.15, 0.2) is 0 Å². The topological polar surface area (TPSA) is 87.0 Å². The summed E-state index contributed by atoms with van der Waals surface area (Å²) < 4.78 is 6.11. The molecule has 0 atom stereocenters. The molecule has 5 nitrogen and oxygen atoms in total. The number of carboxylic acid groups (broad SMARTS) is 1. The van der Waals surface area contributed by atoms with E-state index in [2.05, 4.69) is 20.8 Å². The maximum atomic E-state index is 12.2. The van der Waals surface area contributed by atoms with Crippen LogP contribution in [0.4, 0.5) is 0 Å².